The van der Waals surface area contributed by atoms with Gasteiger partial charge in [-0.3, -0.25) is 0 Å². The van der Waals surface area contributed by atoms with Crippen LogP contribution >= 0.6 is 0 Å². The Morgan fingerprint density at radius 1 is 1.39 bits per heavy atom. The van der Waals surface area contributed by atoms with Gasteiger partial charge in [-0.1, -0.05) is 6.07 Å². The van der Waals surface area contributed by atoms with Crippen LogP contribution in [0, 0.1) is 5.82 Å². The fourth-order valence-electron chi connectivity index (χ4n) is 1.88. The molecule has 0 amide bonds. The van der Waals surface area contributed by atoms with Gasteiger partial charge in [0.2, 0.25) is 0 Å². The summed E-state index contributed by atoms with van der Waals surface area (Å²) in [5.74, 6) is 0.00510. The summed E-state index contributed by atoms with van der Waals surface area (Å²) in [7, 11) is 7.53. The molecule has 0 aliphatic rings. The molecule has 3 nitrogen and oxygen atoms in total. The van der Waals surface area contributed by atoms with Crippen molar-refractivity contribution in [3.63, 3.8) is 0 Å². The van der Waals surface area contributed by atoms with Gasteiger partial charge in [-0.25, -0.2) is 4.39 Å². The third kappa shape index (κ3) is 4.63. The van der Waals surface area contributed by atoms with Gasteiger partial charge in [0, 0.05) is 6.04 Å². The van der Waals surface area contributed by atoms with Crippen LogP contribution in [0.1, 0.15) is 12.0 Å². The van der Waals surface area contributed by atoms with Crippen LogP contribution < -0.4 is 10.1 Å². The van der Waals surface area contributed by atoms with Crippen LogP contribution in [0.2, 0.25) is 0 Å². The lowest BCUT2D eigenvalue weighted by atomic mass is 10.0. The van der Waals surface area contributed by atoms with E-state index in [9.17, 15) is 4.39 Å². The second-order valence-electron chi connectivity index (χ2n) is 4.75. The van der Waals surface area contributed by atoms with Crippen molar-refractivity contribution in [3.05, 3.63) is 29.6 Å². The van der Waals surface area contributed by atoms with Crippen LogP contribution in [0.4, 0.5) is 4.39 Å². The van der Waals surface area contributed by atoms with Crippen molar-refractivity contribution in [1.29, 1.82) is 0 Å². The summed E-state index contributed by atoms with van der Waals surface area (Å²) in [5, 5.41) is 3.27. The minimum atomic E-state index is -0.294. The molecule has 0 saturated heterocycles. The van der Waals surface area contributed by atoms with Crippen molar-refractivity contribution >= 4 is 0 Å². The van der Waals surface area contributed by atoms with Crippen molar-refractivity contribution in [2.75, 3.05) is 34.8 Å². The summed E-state index contributed by atoms with van der Waals surface area (Å²) in [6.45, 7) is 1.02. The number of hydrogen-bond donors (Lipinski definition) is 1. The second-order valence-corrected chi connectivity index (χ2v) is 4.75. The van der Waals surface area contributed by atoms with Crippen LogP contribution in [-0.2, 0) is 6.42 Å². The van der Waals surface area contributed by atoms with E-state index in [1.807, 2.05) is 13.1 Å². The Morgan fingerprint density at radius 2 is 2.11 bits per heavy atom. The van der Waals surface area contributed by atoms with E-state index in [0.717, 1.165) is 24.9 Å². The van der Waals surface area contributed by atoms with E-state index in [2.05, 4.69) is 24.3 Å². The average Bonchev–Trinajstić information content (AvgIpc) is 2.34. The summed E-state index contributed by atoms with van der Waals surface area (Å²) in [5.41, 5.74) is 0.992. The summed E-state index contributed by atoms with van der Waals surface area (Å²) >= 11 is 0. The van der Waals surface area contributed by atoms with Crippen LogP contribution in [-0.4, -0.2) is 45.7 Å². The van der Waals surface area contributed by atoms with Gasteiger partial charge in [0.25, 0.3) is 0 Å². The first kappa shape index (κ1) is 14.9. The highest BCUT2D eigenvalue weighted by Crippen LogP contribution is 2.18. The van der Waals surface area contributed by atoms with Gasteiger partial charge in [-0.2, -0.15) is 0 Å². The highest BCUT2D eigenvalue weighted by atomic mass is 19.1. The maximum Gasteiger partial charge on any atom is 0.165 e. The number of hydrogen-bond acceptors (Lipinski definition) is 3. The fourth-order valence-corrected chi connectivity index (χ4v) is 1.88. The zero-order valence-electron chi connectivity index (χ0n) is 11.7. The highest BCUT2D eigenvalue weighted by Gasteiger charge is 2.10. The van der Waals surface area contributed by atoms with Gasteiger partial charge in [0.1, 0.15) is 0 Å². The van der Waals surface area contributed by atoms with Gasteiger partial charge in [0.05, 0.1) is 7.11 Å². The van der Waals surface area contributed by atoms with E-state index in [4.69, 9.17) is 4.74 Å². The van der Waals surface area contributed by atoms with Crippen LogP contribution in [0.3, 0.4) is 0 Å². The predicted molar refractivity (Wildman–Crippen MR) is 72.7 cm³/mol. The molecule has 0 aliphatic carbocycles. The Hall–Kier alpha value is -1.13. The van der Waals surface area contributed by atoms with E-state index in [1.165, 1.54) is 7.11 Å². The highest BCUT2D eigenvalue weighted by molar-refractivity contribution is 5.29. The van der Waals surface area contributed by atoms with Crippen molar-refractivity contribution < 1.29 is 9.13 Å². The van der Waals surface area contributed by atoms with Crippen LogP contribution in [0.15, 0.2) is 18.2 Å². The molecule has 0 spiro atoms. The van der Waals surface area contributed by atoms with Crippen molar-refractivity contribution in [3.8, 4) is 5.75 Å². The number of nitrogens with one attached hydrogen (secondary N) is 1. The number of methoxy groups -OCH3 is 1. The van der Waals surface area contributed by atoms with E-state index >= 15 is 0 Å². The zero-order valence-corrected chi connectivity index (χ0v) is 11.7. The Kier molecular flexibility index (Phi) is 6.09. The minimum absolute atomic E-state index is 0.294. The molecule has 1 aromatic carbocycles. The lowest BCUT2D eigenvalue weighted by molar-refractivity contribution is 0.363. The van der Waals surface area contributed by atoms with Crippen LogP contribution in [0.5, 0.6) is 5.75 Å². The molecule has 102 valence electrons. The lowest BCUT2D eigenvalue weighted by Gasteiger charge is -2.19. The molecule has 1 atom stereocenters. The first-order valence-corrected chi connectivity index (χ1v) is 6.21. The molecule has 4 heteroatoms. The number of halogens is 1. The van der Waals surface area contributed by atoms with Gasteiger partial charge >= 0.3 is 0 Å². The van der Waals surface area contributed by atoms with Gasteiger partial charge in [-0.05, 0) is 58.2 Å². The van der Waals surface area contributed by atoms with Crippen molar-refractivity contribution in [1.82, 2.24) is 10.2 Å². The minimum Gasteiger partial charge on any atom is -0.494 e. The van der Waals surface area contributed by atoms with Gasteiger partial charge in [-0.15, -0.1) is 0 Å². The third-order valence-electron chi connectivity index (χ3n) is 3.03. The standard InChI is InChI=1S/C14H23FN2O/c1-16-12(7-8-17(2)3)9-11-5-6-14(18-4)13(15)10-11/h5-6,10,12,16H,7-9H2,1-4H3. The van der Waals surface area contributed by atoms with E-state index in [0.29, 0.717) is 11.8 Å². The molecule has 1 unspecified atom stereocenters. The molecule has 1 rings (SSSR count). The summed E-state index contributed by atoms with van der Waals surface area (Å²) < 4.78 is 18.5. The molecule has 0 radical (unpaired) electrons. The molecule has 0 saturated carbocycles. The monoisotopic (exact) mass is 254 g/mol. The third-order valence-corrected chi connectivity index (χ3v) is 3.03. The Bertz CT molecular complexity index is 369. The quantitative estimate of drug-likeness (QED) is 0.804. The molecule has 0 aromatic heterocycles. The molecule has 1 aromatic rings. The van der Waals surface area contributed by atoms with E-state index in [-0.39, 0.29) is 5.82 Å². The first-order chi connectivity index (χ1) is 8.56. The molecular formula is C14H23FN2O. The fraction of sp³-hybridized carbons (Fsp3) is 0.571. The largest absolute Gasteiger partial charge is 0.494 e. The number of likely N-dealkylation sites (N-methyl/N-ethyl adjacent to an activating group) is 1. The van der Waals surface area contributed by atoms with Gasteiger partial charge < -0.3 is 15.0 Å². The first-order valence-electron chi connectivity index (χ1n) is 6.21. The lowest BCUT2D eigenvalue weighted by Crippen LogP contribution is -2.31. The smallest absolute Gasteiger partial charge is 0.165 e. The van der Waals surface area contributed by atoms with E-state index in [1.54, 1.807) is 12.1 Å². The molecule has 0 aliphatic heterocycles. The van der Waals surface area contributed by atoms with Crippen LogP contribution in [0.25, 0.3) is 0 Å². The topological polar surface area (TPSA) is 24.5 Å². The number of benzene rings is 1. The van der Waals surface area contributed by atoms with Crippen molar-refractivity contribution in [2.45, 2.75) is 18.9 Å². The summed E-state index contributed by atoms with van der Waals surface area (Å²) in [6.07, 6.45) is 1.86. The number of rotatable bonds is 7. The molecule has 0 fully saturated rings. The molecule has 18 heavy (non-hydrogen) atoms. The Morgan fingerprint density at radius 3 is 2.61 bits per heavy atom. The molecular weight excluding hydrogens is 231 g/mol. The maximum atomic E-state index is 13.6. The zero-order chi connectivity index (χ0) is 13.5. The van der Waals surface area contributed by atoms with E-state index < -0.39 is 0 Å². The van der Waals surface area contributed by atoms with Crippen molar-refractivity contribution in [2.24, 2.45) is 0 Å². The maximum absolute atomic E-state index is 13.6. The molecule has 0 bridgehead atoms. The number of ether oxygens (including phenoxy) is 1. The second kappa shape index (κ2) is 7.34. The summed E-state index contributed by atoms with van der Waals surface area (Å²) in [6, 6.07) is 5.52. The normalized spacial score (nSPS) is 12.8. The summed E-state index contributed by atoms with van der Waals surface area (Å²) in [4.78, 5) is 2.15. The van der Waals surface area contributed by atoms with Gasteiger partial charge in [0.15, 0.2) is 11.6 Å². The molecule has 0 heterocycles. The number of nitrogens with zero attached hydrogens (tertiary/aromatic N) is 1. The Balaban J connectivity index is 2.61. The molecule has 1 N–H and O–H groups in total. The Labute approximate surface area is 109 Å². The SMILES string of the molecule is CNC(CCN(C)C)Cc1ccc(OC)c(F)c1. The average molecular weight is 254 g/mol. The predicted octanol–water partition coefficient (Wildman–Crippen LogP) is 1.92.